The molecule has 0 radical (unpaired) electrons. The number of piperazine rings is 1. The third-order valence-corrected chi connectivity index (χ3v) is 5.01. The second-order valence-electron chi connectivity index (χ2n) is 7.14. The second kappa shape index (κ2) is 6.37. The van der Waals surface area contributed by atoms with Crippen molar-refractivity contribution in [2.24, 2.45) is 5.73 Å². The Hall–Kier alpha value is -1.06. The lowest BCUT2D eigenvalue weighted by Crippen LogP contribution is -2.57. The lowest BCUT2D eigenvalue weighted by atomic mass is 9.97. The summed E-state index contributed by atoms with van der Waals surface area (Å²) in [4.78, 5) is 4.96. The van der Waals surface area contributed by atoms with Crippen LogP contribution in [0.5, 0.6) is 0 Å². The monoisotopic (exact) mass is 289 g/mol. The molecular weight excluding hydrogens is 258 g/mol. The summed E-state index contributed by atoms with van der Waals surface area (Å²) in [7, 11) is 2.22. The Morgan fingerprint density at radius 2 is 2.00 bits per heavy atom. The van der Waals surface area contributed by atoms with Crippen LogP contribution in [-0.4, -0.2) is 43.2 Å². The number of hydrogen-bond acceptors (Lipinski definition) is 3. The molecule has 1 fully saturated rings. The van der Waals surface area contributed by atoms with E-state index in [1.165, 1.54) is 16.8 Å². The summed E-state index contributed by atoms with van der Waals surface area (Å²) in [5.41, 5.74) is 10.4. The highest BCUT2D eigenvalue weighted by atomic mass is 15.3. The highest BCUT2D eigenvalue weighted by molar-refractivity contribution is 5.52. The van der Waals surface area contributed by atoms with Crippen LogP contribution in [0.1, 0.15) is 38.3 Å². The normalized spacial score (nSPS) is 20.6. The standard InChI is InChI=1S/C18H31N3/c1-6-16(19)12-15-7-8-17(11-14(15)2)21-10-9-20(5)18(3,4)13-21/h7-8,11,16H,6,9-10,12-13,19H2,1-5H3. The van der Waals surface area contributed by atoms with Crippen LogP contribution in [0.15, 0.2) is 18.2 Å². The van der Waals surface area contributed by atoms with Gasteiger partial charge >= 0.3 is 0 Å². The van der Waals surface area contributed by atoms with E-state index in [4.69, 9.17) is 5.73 Å². The molecule has 0 amide bonds. The summed E-state index contributed by atoms with van der Waals surface area (Å²) in [5.74, 6) is 0. The summed E-state index contributed by atoms with van der Waals surface area (Å²) >= 11 is 0. The molecular formula is C18H31N3. The van der Waals surface area contributed by atoms with Gasteiger partial charge in [0.15, 0.2) is 0 Å². The van der Waals surface area contributed by atoms with Crippen molar-refractivity contribution in [3.8, 4) is 0 Å². The number of rotatable bonds is 4. The van der Waals surface area contributed by atoms with Crippen LogP contribution in [0.25, 0.3) is 0 Å². The zero-order valence-corrected chi connectivity index (χ0v) is 14.3. The first-order valence-electron chi connectivity index (χ1n) is 8.15. The fourth-order valence-electron chi connectivity index (χ4n) is 2.99. The topological polar surface area (TPSA) is 32.5 Å². The molecule has 0 saturated carbocycles. The minimum Gasteiger partial charge on any atom is -0.368 e. The average molecular weight is 289 g/mol. The summed E-state index contributed by atoms with van der Waals surface area (Å²) in [6, 6.07) is 7.15. The Morgan fingerprint density at radius 1 is 1.29 bits per heavy atom. The first kappa shape index (κ1) is 16.3. The maximum atomic E-state index is 6.09. The van der Waals surface area contributed by atoms with Crippen molar-refractivity contribution in [1.82, 2.24) is 4.90 Å². The van der Waals surface area contributed by atoms with Crippen LogP contribution < -0.4 is 10.6 Å². The highest BCUT2D eigenvalue weighted by Gasteiger charge is 2.31. The molecule has 1 unspecified atom stereocenters. The van der Waals surface area contributed by atoms with Crippen LogP contribution in [0.3, 0.4) is 0 Å². The van der Waals surface area contributed by atoms with Gasteiger partial charge in [0, 0.05) is 36.9 Å². The molecule has 3 nitrogen and oxygen atoms in total. The van der Waals surface area contributed by atoms with Crippen molar-refractivity contribution in [3.63, 3.8) is 0 Å². The third kappa shape index (κ3) is 3.78. The molecule has 1 aromatic rings. The van der Waals surface area contributed by atoms with E-state index in [2.05, 4.69) is 62.7 Å². The van der Waals surface area contributed by atoms with Crippen LogP contribution in [-0.2, 0) is 6.42 Å². The van der Waals surface area contributed by atoms with Crippen molar-refractivity contribution in [2.45, 2.75) is 52.1 Å². The molecule has 1 aliphatic heterocycles. The molecule has 2 N–H and O–H groups in total. The lowest BCUT2D eigenvalue weighted by Gasteiger charge is -2.46. The fourth-order valence-corrected chi connectivity index (χ4v) is 2.99. The molecule has 1 heterocycles. The number of anilines is 1. The summed E-state index contributed by atoms with van der Waals surface area (Å²) < 4.78 is 0. The highest BCUT2D eigenvalue weighted by Crippen LogP contribution is 2.26. The SMILES string of the molecule is CCC(N)Cc1ccc(N2CCN(C)C(C)(C)C2)cc1C. The largest absolute Gasteiger partial charge is 0.368 e. The van der Waals surface area contributed by atoms with Gasteiger partial charge in [0.25, 0.3) is 0 Å². The Bertz CT molecular complexity index is 481. The van der Waals surface area contributed by atoms with Gasteiger partial charge in [0.1, 0.15) is 0 Å². The van der Waals surface area contributed by atoms with E-state index in [-0.39, 0.29) is 11.6 Å². The molecule has 1 aliphatic rings. The second-order valence-corrected chi connectivity index (χ2v) is 7.14. The number of hydrogen-bond donors (Lipinski definition) is 1. The lowest BCUT2D eigenvalue weighted by molar-refractivity contribution is 0.139. The quantitative estimate of drug-likeness (QED) is 0.925. The number of likely N-dealkylation sites (N-methyl/N-ethyl adjacent to an activating group) is 1. The van der Waals surface area contributed by atoms with E-state index in [1.807, 2.05) is 0 Å². The van der Waals surface area contributed by atoms with Gasteiger partial charge in [-0.05, 0) is 63.9 Å². The van der Waals surface area contributed by atoms with Crippen molar-refractivity contribution in [2.75, 3.05) is 31.6 Å². The van der Waals surface area contributed by atoms with Crippen LogP contribution in [0.4, 0.5) is 5.69 Å². The minimum atomic E-state index is 0.232. The molecule has 0 spiro atoms. The molecule has 0 bridgehead atoms. The maximum Gasteiger partial charge on any atom is 0.0370 e. The van der Waals surface area contributed by atoms with Gasteiger partial charge in [0.2, 0.25) is 0 Å². The molecule has 21 heavy (non-hydrogen) atoms. The molecule has 1 aromatic carbocycles. The average Bonchev–Trinajstić information content (AvgIpc) is 2.43. The van der Waals surface area contributed by atoms with Crippen molar-refractivity contribution in [3.05, 3.63) is 29.3 Å². The Kier molecular flexibility index (Phi) is 4.95. The van der Waals surface area contributed by atoms with Gasteiger partial charge < -0.3 is 10.6 Å². The van der Waals surface area contributed by atoms with Crippen LogP contribution in [0, 0.1) is 6.92 Å². The van der Waals surface area contributed by atoms with E-state index in [0.717, 1.165) is 32.5 Å². The van der Waals surface area contributed by atoms with E-state index in [9.17, 15) is 0 Å². The van der Waals surface area contributed by atoms with E-state index in [1.54, 1.807) is 0 Å². The molecule has 3 heteroatoms. The van der Waals surface area contributed by atoms with Gasteiger partial charge in [0.05, 0.1) is 0 Å². The molecule has 118 valence electrons. The molecule has 2 rings (SSSR count). The number of nitrogens with zero attached hydrogens (tertiary/aromatic N) is 2. The van der Waals surface area contributed by atoms with Gasteiger partial charge in [-0.3, -0.25) is 4.90 Å². The van der Waals surface area contributed by atoms with Gasteiger partial charge in [-0.2, -0.15) is 0 Å². The maximum absolute atomic E-state index is 6.09. The van der Waals surface area contributed by atoms with Crippen molar-refractivity contribution >= 4 is 5.69 Å². The first-order valence-corrected chi connectivity index (χ1v) is 8.15. The zero-order valence-electron chi connectivity index (χ0n) is 14.3. The summed E-state index contributed by atoms with van der Waals surface area (Å²) in [5, 5.41) is 0. The van der Waals surface area contributed by atoms with E-state index >= 15 is 0 Å². The number of benzene rings is 1. The molecule has 1 atom stereocenters. The Morgan fingerprint density at radius 3 is 2.57 bits per heavy atom. The van der Waals surface area contributed by atoms with Crippen LogP contribution in [0.2, 0.25) is 0 Å². The van der Waals surface area contributed by atoms with Crippen LogP contribution >= 0.6 is 0 Å². The predicted molar refractivity (Wildman–Crippen MR) is 92.1 cm³/mol. The minimum absolute atomic E-state index is 0.232. The van der Waals surface area contributed by atoms with Crippen molar-refractivity contribution < 1.29 is 0 Å². The fraction of sp³-hybridized carbons (Fsp3) is 0.667. The Labute approximate surface area is 130 Å². The van der Waals surface area contributed by atoms with E-state index < -0.39 is 0 Å². The molecule has 0 aromatic heterocycles. The Balaban J connectivity index is 2.13. The molecule has 0 aliphatic carbocycles. The van der Waals surface area contributed by atoms with Gasteiger partial charge in [-0.15, -0.1) is 0 Å². The van der Waals surface area contributed by atoms with Gasteiger partial charge in [-0.1, -0.05) is 13.0 Å². The smallest absolute Gasteiger partial charge is 0.0370 e. The predicted octanol–water partition coefficient (Wildman–Crippen LogP) is 2.81. The van der Waals surface area contributed by atoms with Gasteiger partial charge in [-0.25, -0.2) is 0 Å². The third-order valence-electron chi connectivity index (χ3n) is 5.01. The zero-order chi connectivity index (χ0) is 15.6. The summed E-state index contributed by atoms with van der Waals surface area (Å²) in [6.45, 7) is 12.3. The molecule has 1 saturated heterocycles. The van der Waals surface area contributed by atoms with E-state index in [0.29, 0.717) is 0 Å². The number of aryl methyl sites for hydroxylation is 1. The number of nitrogens with two attached hydrogens (primary N) is 1. The first-order chi connectivity index (χ1) is 9.83. The van der Waals surface area contributed by atoms with Crippen molar-refractivity contribution in [1.29, 1.82) is 0 Å². The summed E-state index contributed by atoms with van der Waals surface area (Å²) in [6.07, 6.45) is 2.02.